The molecule has 1 atom stereocenters. The third kappa shape index (κ3) is 4.72. The Labute approximate surface area is 102 Å². The highest BCUT2D eigenvalue weighted by Gasteiger charge is 2.17. The zero-order chi connectivity index (χ0) is 11.8. The van der Waals surface area contributed by atoms with Gasteiger partial charge in [-0.3, -0.25) is 4.79 Å². The van der Waals surface area contributed by atoms with Gasteiger partial charge < -0.3 is 15.0 Å². The Kier molecular flexibility index (Phi) is 6.84. The molecule has 1 amide bonds. The molecule has 0 radical (unpaired) electrons. The number of rotatable bonds is 6. The highest BCUT2D eigenvalue weighted by Crippen LogP contribution is 2.01. The lowest BCUT2D eigenvalue weighted by Gasteiger charge is -2.27. The van der Waals surface area contributed by atoms with Crippen LogP contribution in [0.3, 0.4) is 0 Å². The molecule has 1 rings (SSSR count). The fourth-order valence-electron chi connectivity index (χ4n) is 1.68. The van der Waals surface area contributed by atoms with Crippen molar-refractivity contribution in [3.8, 4) is 0 Å². The van der Waals surface area contributed by atoms with Crippen LogP contribution < -0.4 is 5.32 Å². The van der Waals surface area contributed by atoms with E-state index in [0.29, 0.717) is 25.8 Å². The van der Waals surface area contributed by atoms with E-state index in [1.54, 1.807) is 0 Å². The maximum Gasteiger partial charge on any atom is 0.236 e. The lowest BCUT2D eigenvalue weighted by Crippen LogP contribution is -2.46. The van der Waals surface area contributed by atoms with Gasteiger partial charge in [0.2, 0.25) is 5.91 Å². The van der Waals surface area contributed by atoms with Gasteiger partial charge in [-0.2, -0.15) is 11.8 Å². The SMILES string of the molecule is CCC(CSC)NCC(=O)N1CCOCC1. The van der Waals surface area contributed by atoms with E-state index in [1.165, 1.54) is 0 Å². The van der Waals surface area contributed by atoms with E-state index in [2.05, 4.69) is 18.5 Å². The fraction of sp³-hybridized carbons (Fsp3) is 0.909. The molecule has 0 aromatic rings. The van der Waals surface area contributed by atoms with Crippen LogP contribution in [-0.4, -0.2) is 61.7 Å². The van der Waals surface area contributed by atoms with Gasteiger partial charge in [0.25, 0.3) is 0 Å². The number of amides is 1. The van der Waals surface area contributed by atoms with Crippen molar-refractivity contribution in [2.45, 2.75) is 19.4 Å². The summed E-state index contributed by atoms with van der Waals surface area (Å²) in [5, 5.41) is 3.31. The summed E-state index contributed by atoms with van der Waals surface area (Å²) >= 11 is 1.81. The summed E-state index contributed by atoms with van der Waals surface area (Å²) in [4.78, 5) is 13.7. The molecule has 5 heteroatoms. The van der Waals surface area contributed by atoms with Crippen LogP contribution in [0.5, 0.6) is 0 Å². The van der Waals surface area contributed by atoms with E-state index < -0.39 is 0 Å². The van der Waals surface area contributed by atoms with Crippen LogP contribution in [0, 0.1) is 0 Å². The molecule has 1 N–H and O–H groups in total. The minimum absolute atomic E-state index is 0.197. The van der Waals surface area contributed by atoms with Crippen molar-refractivity contribution in [1.82, 2.24) is 10.2 Å². The number of thioether (sulfide) groups is 1. The molecule has 1 fully saturated rings. The predicted octanol–water partition coefficient (Wildman–Crippen LogP) is 0.576. The largest absolute Gasteiger partial charge is 0.378 e. The number of carbonyl (C=O) groups is 1. The first-order chi connectivity index (χ1) is 7.77. The molecule has 1 saturated heterocycles. The molecule has 0 saturated carbocycles. The number of ether oxygens (including phenoxy) is 1. The molecule has 1 aliphatic rings. The van der Waals surface area contributed by atoms with Crippen LogP contribution in [-0.2, 0) is 9.53 Å². The zero-order valence-electron chi connectivity index (χ0n) is 10.2. The Hall–Kier alpha value is -0.260. The molecule has 0 bridgehead atoms. The van der Waals surface area contributed by atoms with Gasteiger partial charge in [0.05, 0.1) is 19.8 Å². The normalized spacial score (nSPS) is 18.5. The summed E-state index contributed by atoms with van der Waals surface area (Å²) in [7, 11) is 0. The number of nitrogens with zero attached hydrogens (tertiary/aromatic N) is 1. The van der Waals surface area contributed by atoms with Crippen LogP contribution in [0.25, 0.3) is 0 Å². The van der Waals surface area contributed by atoms with Crippen LogP contribution in [0.15, 0.2) is 0 Å². The van der Waals surface area contributed by atoms with E-state index in [0.717, 1.165) is 25.3 Å². The Balaban J connectivity index is 2.22. The van der Waals surface area contributed by atoms with Gasteiger partial charge >= 0.3 is 0 Å². The summed E-state index contributed by atoms with van der Waals surface area (Å²) in [5.41, 5.74) is 0. The summed E-state index contributed by atoms with van der Waals surface area (Å²) in [5.74, 6) is 1.26. The van der Waals surface area contributed by atoms with Gasteiger partial charge in [0.1, 0.15) is 0 Å². The monoisotopic (exact) mass is 246 g/mol. The Morgan fingerprint density at radius 1 is 1.50 bits per heavy atom. The first-order valence-corrected chi connectivity index (χ1v) is 7.25. The van der Waals surface area contributed by atoms with E-state index >= 15 is 0 Å². The molecule has 1 aliphatic heterocycles. The lowest BCUT2D eigenvalue weighted by molar-refractivity contribution is -0.134. The molecule has 0 spiro atoms. The Bertz CT molecular complexity index is 208. The molecular weight excluding hydrogens is 224 g/mol. The first-order valence-electron chi connectivity index (χ1n) is 5.85. The number of nitrogens with one attached hydrogen (secondary N) is 1. The molecule has 0 aromatic carbocycles. The maximum atomic E-state index is 11.8. The van der Waals surface area contributed by atoms with Crippen molar-refractivity contribution in [3.05, 3.63) is 0 Å². The quantitative estimate of drug-likeness (QED) is 0.744. The highest BCUT2D eigenvalue weighted by atomic mass is 32.2. The summed E-state index contributed by atoms with van der Waals surface area (Å²) in [6.45, 7) is 5.42. The van der Waals surface area contributed by atoms with Crippen molar-refractivity contribution in [2.75, 3.05) is 44.9 Å². The molecule has 4 nitrogen and oxygen atoms in total. The van der Waals surface area contributed by atoms with Gasteiger partial charge in [0, 0.05) is 24.9 Å². The lowest BCUT2D eigenvalue weighted by atomic mass is 10.2. The second kappa shape index (κ2) is 7.92. The molecule has 0 aliphatic carbocycles. The van der Waals surface area contributed by atoms with Crippen molar-refractivity contribution >= 4 is 17.7 Å². The number of hydrogen-bond donors (Lipinski definition) is 1. The second-order valence-electron chi connectivity index (χ2n) is 3.93. The zero-order valence-corrected chi connectivity index (χ0v) is 11.0. The molecule has 94 valence electrons. The average Bonchev–Trinajstić information content (AvgIpc) is 2.35. The van der Waals surface area contributed by atoms with Gasteiger partial charge in [0.15, 0.2) is 0 Å². The predicted molar refractivity (Wildman–Crippen MR) is 67.9 cm³/mol. The average molecular weight is 246 g/mol. The Morgan fingerprint density at radius 3 is 2.75 bits per heavy atom. The van der Waals surface area contributed by atoms with Gasteiger partial charge in [-0.1, -0.05) is 6.92 Å². The molecule has 1 heterocycles. The Morgan fingerprint density at radius 2 is 2.19 bits per heavy atom. The molecule has 1 unspecified atom stereocenters. The van der Waals surface area contributed by atoms with E-state index in [4.69, 9.17) is 4.74 Å². The second-order valence-corrected chi connectivity index (χ2v) is 4.85. The van der Waals surface area contributed by atoms with E-state index in [9.17, 15) is 4.79 Å². The highest BCUT2D eigenvalue weighted by molar-refractivity contribution is 7.98. The standard InChI is InChI=1S/C11H22N2O2S/c1-3-10(9-16-2)12-8-11(14)13-4-6-15-7-5-13/h10,12H,3-9H2,1-2H3. The molecule has 0 aromatic heterocycles. The number of carbonyl (C=O) groups excluding carboxylic acids is 1. The van der Waals surface area contributed by atoms with Crippen molar-refractivity contribution in [1.29, 1.82) is 0 Å². The topological polar surface area (TPSA) is 41.6 Å². The van der Waals surface area contributed by atoms with Crippen molar-refractivity contribution in [2.24, 2.45) is 0 Å². The number of morpholine rings is 1. The van der Waals surface area contributed by atoms with E-state index in [-0.39, 0.29) is 5.91 Å². The van der Waals surface area contributed by atoms with Gasteiger partial charge in [-0.05, 0) is 12.7 Å². The van der Waals surface area contributed by atoms with Crippen molar-refractivity contribution in [3.63, 3.8) is 0 Å². The third-order valence-electron chi connectivity index (χ3n) is 2.77. The summed E-state index contributed by atoms with van der Waals surface area (Å²) < 4.78 is 5.22. The minimum atomic E-state index is 0.197. The van der Waals surface area contributed by atoms with Crippen LogP contribution in [0.2, 0.25) is 0 Å². The van der Waals surface area contributed by atoms with Gasteiger partial charge in [-0.15, -0.1) is 0 Å². The van der Waals surface area contributed by atoms with Crippen LogP contribution >= 0.6 is 11.8 Å². The fourth-order valence-corrected chi connectivity index (χ4v) is 2.43. The maximum absolute atomic E-state index is 11.8. The summed E-state index contributed by atoms with van der Waals surface area (Å²) in [6.07, 6.45) is 3.16. The van der Waals surface area contributed by atoms with Crippen LogP contribution in [0.4, 0.5) is 0 Å². The third-order valence-corrected chi connectivity index (χ3v) is 3.50. The molecular formula is C11H22N2O2S. The van der Waals surface area contributed by atoms with Crippen LogP contribution in [0.1, 0.15) is 13.3 Å². The first kappa shape index (κ1) is 13.8. The minimum Gasteiger partial charge on any atom is -0.378 e. The number of hydrogen-bond acceptors (Lipinski definition) is 4. The van der Waals surface area contributed by atoms with E-state index in [1.807, 2.05) is 16.7 Å². The van der Waals surface area contributed by atoms with Crippen molar-refractivity contribution < 1.29 is 9.53 Å². The summed E-state index contributed by atoms with van der Waals surface area (Å²) in [6, 6.07) is 0.444. The molecule has 16 heavy (non-hydrogen) atoms. The smallest absolute Gasteiger partial charge is 0.236 e. The van der Waals surface area contributed by atoms with Gasteiger partial charge in [-0.25, -0.2) is 0 Å².